The number of para-hydroxylation sites is 3. The molecule has 0 amide bonds. The lowest BCUT2D eigenvalue weighted by Gasteiger charge is -2.27. The first-order valence-corrected chi connectivity index (χ1v) is 16.1. The number of anilines is 2. The molecule has 2 aliphatic rings. The zero-order chi connectivity index (χ0) is 30.2. The first kappa shape index (κ1) is 25.5. The van der Waals surface area contributed by atoms with Gasteiger partial charge < -0.3 is 13.9 Å². The van der Waals surface area contributed by atoms with E-state index >= 15 is 0 Å². The summed E-state index contributed by atoms with van der Waals surface area (Å²) in [7, 11) is 0. The van der Waals surface area contributed by atoms with Gasteiger partial charge >= 0.3 is 0 Å². The molecule has 3 heterocycles. The van der Waals surface area contributed by atoms with Crippen LogP contribution in [0.25, 0.3) is 60.6 Å². The monoisotopic (exact) mass is 590 g/mol. The van der Waals surface area contributed by atoms with Gasteiger partial charge in [0.15, 0.2) is 0 Å². The molecule has 0 fully saturated rings. The van der Waals surface area contributed by atoms with Gasteiger partial charge in [-0.3, -0.25) is 0 Å². The molecule has 1 aliphatic carbocycles. The van der Waals surface area contributed by atoms with Gasteiger partial charge in [-0.15, -0.1) is 0 Å². The SMILES string of the molecule is C1=CC(N(c2ccccc2)c2ccc(-c3ccc4c(c3)Cc3cc5c6ccccc6oc5c5c6ccccc6n-4c35)cc2)=CCC1. The third kappa shape index (κ3) is 3.72. The molecule has 6 aromatic carbocycles. The van der Waals surface area contributed by atoms with E-state index in [1.807, 2.05) is 0 Å². The van der Waals surface area contributed by atoms with Gasteiger partial charge in [-0.25, -0.2) is 0 Å². The number of aromatic nitrogens is 1. The first-order valence-electron chi connectivity index (χ1n) is 16.1. The fourth-order valence-corrected chi connectivity index (χ4v) is 7.72. The van der Waals surface area contributed by atoms with E-state index in [2.05, 4.69) is 155 Å². The van der Waals surface area contributed by atoms with Crippen molar-refractivity contribution in [3.05, 3.63) is 162 Å². The molecular formula is C43H30N2O. The Balaban J connectivity index is 1.10. The van der Waals surface area contributed by atoms with Crippen molar-refractivity contribution in [2.24, 2.45) is 0 Å². The number of benzene rings is 6. The summed E-state index contributed by atoms with van der Waals surface area (Å²) in [6.07, 6.45) is 9.90. The van der Waals surface area contributed by atoms with Crippen molar-refractivity contribution in [3.63, 3.8) is 0 Å². The molecule has 0 unspecified atom stereocenters. The van der Waals surface area contributed by atoms with Gasteiger partial charge in [0.25, 0.3) is 0 Å². The van der Waals surface area contributed by atoms with Crippen LogP contribution in [0.15, 0.2) is 156 Å². The highest BCUT2D eigenvalue weighted by molar-refractivity contribution is 6.25. The Hall–Kier alpha value is -5.80. The van der Waals surface area contributed by atoms with E-state index < -0.39 is 0 Å². The summed E-state index contributed by atoms with van der Waals surface area (Å²) < 4.78 is 9.00. The van der Waals surface area contributed by atoms with Crippen molar-refractivity contribution in [3.8, 4) is 16.8 Å². The van der Waals surface area contributed by atoms with Gasteiger partial charge in [-0.1, -0.05) is 84.9 Å². The topological polar surface area (TPSA) is 21.3 Å². The molecule has 0 saturated heterocycles. The quantitative estimate of drug-likeness (QED) is 0.203. The molecule has 218 valence electrons. The van der Waals surface area contributed by atoms with Crippen LogP contribution in [0.4, 0.5) is 11.4 Å². The van der Waals surface area contributed by atoms with Gasteiger partial charge in [0.2, 0.25) is 0 Å². The second kappa shape index (κ2) is 9.85. The lowest BCUT2D eigenvalue weighted by molar-refractivity contribution is 0.673. The van der Waals surface area contributed by atoms with Gasteiger partial charge in [-0.2, -0.15) is 0 Å². The van der Waals surface area contributed by atoms with Crippen LogP contribution in [-0.4, -0.2) is 4.57 Å². The molecular weight excluding hydrogens is 560 g/mol. The van der Waals surface area contributed by atoms with E-state index in [0.717, 1.165) is 36.1 Å². The number of allylic oxidation sites excluding steroid dienone is 3. The first-order chi connectivity index (χ1) is 22.8. The summed E-state index contributed by atoms with van der Waals surface area (Å²) in [6, 6.07) is 46.2. The Morgan fingerprint density at radius 2 is 1.37 bits per heavy atom. The Labute approximate surface area is 266 Å². The molecule has 0 radical (unpaired) electrons. The highest BCUT2D eigenvalue weighted by Crippen LogP contribution is 2.46. The summed E-state index contributed by atoms with van der Waals surface area (Å²) in [6.45, 7) is 0. The second-order valence-corrected chi connectivity index (χ2v) is 12.4. The maximum atomic E-state index is 6.54. The fraction of sp³-hybridized carbons (Fsp3) is 0.0698. The molecule has 8 aromatic rings. The molecule has 1 aliphatic heterocycles. The number of nitrogens with zero attached hydrogens (tertiary/aromatic N) is 2. The zero-order valence-electron chi connectivity index (χ0n) is 25.3. The zero-order valence-corrected chi connectivity index (χ0v) is 25.3. The van der Waals surface area contributed by atoms with Gasteiger partial charge in [0, 0.05) is 45.3 Å². The summed E-state index contributed by atoms with van der Waals surface area (Å²) in [5, 5.41) is 4.83. The maximum absolute atomic E-state index is 6.54. The smallest absolute Gasteiger partial charge is 0.145 e. The van der Waals surface area contributed by atoms with Crippen LogP contribution in [0.3, 0.4) is 0 Å². The molecule has 0 bridgehead atoms. The number of furan rings is 1. The van der Waals surface area contributed by atoms with Gasteiger partial charge in [0.1, 0.15) is 11.2 Å². The number of hydrogen-bond acceptors (Lipinski definition) is 2. The molecule has 0 saturated carbocycles. The van der Waals surface area contributed by atoms with E-state index in [4.69, 9.17) is 4.42 Å². The Morgan fingerprint density at radius 1 is 0.609 bits per heavy atom. The molecule has 3 heteroatoms. The van der Waals surface area contributed by atoms with Crippen LogP contribution in [0.2, 0.25) is 0 Å². The van der Waals surface area contributed by atoms with Crippen molar-refractivity contribution in [1.82, 2.24) is 4.57 Å². The number of rotatable bonds is 4. The average molecular weight is 591 g/mol. The predicted octanol–water partition coefficient (Wildman–Crippen LogP) is 11.6. The van der Waals surface area contributed by atoms with E-state index in [1.165, 1.54) is 71.9 Å². The lowest BCUT2D eigenvalue weighted by Crippen LogP contribution is -2.16. The number of fused-ring (bicyclic) bond motifs is 9. The highest BCUT2D eigenvalue weighted by atomic mass is 16.3. The summed E-state index contributed by atoms with van der Waals surface area (Å²) in [5.41, 5.74) is 14.4. The van der Waals surface area contributed by atoms with Crippen molar-refractivity contribution < 1.29 is 4.42 Å². The van der Waals surface area contributed by atoms with Gasteiger partial charge in [0.05, 0.1) is 16.4 Å². The summed E-state index contributed by atoms with van der Waals surface area (Å²) in [5.74, 6) is 0. The third-order valence-corrected chi connectivity index (χ3v) is 9.77. The van der Waals surface area contributed by atoms with Crippen molar-refractivity contribution >= 4 is 55.1 Å². The normalized spacial score (nSPS) is 13.9. The lowest BCUT2D eigenvalue weighted by atomic mass is 9.92. The van der Waals surface area contributed by atoms with Crippen LogP contribution < -0.4 is 4.90 Å². The van der Waals surface area contributed by atoms with Crippen LogP contribution in [0, 0.1) is 0 Å². The Bertz CT molecular complexity index is 2540. The summed E-state index contributed by atoms with van der Waals surface area (Å²) >= 11 is 0. The van der Waals surface area contributed by atoms with Crippen LogP contribution in [0.1, 0.15) is 24.0 Å². The van der Waals surface area contributed by atoms with Crippen LogP contribution in [-0.2, 0) is 6.42 Å². The summed E-state index contributed by atoms with van der Waals surface area (Å²) in [4.78, 5) is 2.35. The standard InChI is InChI=1S/C43H30N2O/c1-3-11-32(12-4-1)44(33-13-5-2-6-14-33)34-22-19-28(20-23-34)29-21-24-38-30(25-29)26-31-27-37-35-15-8-10-18-40(35)46-43(37)41-36-16-7-9-17-39(36)45(38)42(31)41/h1,3-5,7-25,27H,2,6,26H2. The van der Waals surface area contributed by atoms with E-state index in [9.17, 15) is 0 Å². The molecule has 0 spiro atoms. The largest absolute Gasteiger partial charge is 0.455 e. The predicted molar refractivity (Wildman–Crippen MR) is 191 cm³/mol. The molecule has 46 heavy (non-hydrogen) atoms. The van der Waals surface area contributed by atoms with Crippen molar-refractivity contribution in [2.75, 3.05) is 4.90 Å². The van der Waals surface area contributed by atoms with Crippen molar-refractivity contribution in [1.29, 1.82) is 0 Å². The Kier molecular flexibility index (Phi) is 5.47. The van der Waals surface area contributed by atoms with Crippen molar-refractivity contribution in [2.45, 2.75) is 19.3 Å². The molecule has 2 aromatic heterocycles. The minimum Gasteiger partial charge on any atom is -0.455 e. The molecule has 10 rings (SSSR count). The highest BCUT2D eigenvalue weighted by Gasteiger charge is 2.26. The molecule has 0 N–H and O–H groups in total. The third-order valence-electron chi connectivity index (χ3n) is 9.77. The van der Waals surface area contributed by atoms with Crippen LogP contribution >= 0.6 is 0 Å². The maximum Gasteiger partial charge on any atom is 0.145 e. The van der Waals surface area contributed by atoms with Gasteiger partial charge in [-0.05, 0) is 95.8 Å². The fourth-order valence-electron chi connectivity index (χ4n) is 7.72. The van der Waals surface area contributed by atoms with E-state index in [0.29, 0.717) is 0 Å². The second-order valence-electron chi connectivity index (χ2n) is 12.4. The minimum absolute atomic E-state index is 0.881. The average Bonchev–Trinajstić information content (AvgIpc) is 3.67. The molecule has 0 atom stereocenters. The van der Waals surface area contributed by atoms with E-state index in [1.54, 1.807) is 0 Å². The van der Waals surface area contributed by atoms with Crippen LogP contribution in [0.5, 0.6) is 0 Å². The van der Waals surface area contributed by atoms with E-state index in [-0.39, 0.29) is 0 Å². The Morgan fingerprint density at radius 3 is 2.22 bits per heavy atom. The molecule has 3 nitrogen and oxygen atoms in total. The number of hydrogen-bond donors (Lipinski definition) is 0. The minimum atomic E-state index is 0.881.